The van der Waals surface area contributed by atoms with Gasteiger partial charge in [-0.1, -0.05) is 24.6 Å². The number of aliphatic hydroxyl groups is 2. The van der Waals surface area contributed by atoms with E-state index in [1.807, 2.05) is 20.8 Å². The highest BCUT2D eigenvalue weighted by Gasteiger charge is 2.61. The molecule has 0 unspecified atom stereocenters. The summed E-state index contributed by atoms with van der Waals surface area (Å²) in [6, 6.07) is 0. The van der Waals surface area contributed by atoms with Crippen LogP contribution in [0.15, 0.2) is 23.3 Å². The highest BCUT2D eigenvalue weighted by atomic mass is 16.8. The third kappa shape index (κ3) is 7.92. The first-order valence-corrected chi connectivity index (χ1v) is 21.0. The highest BCUT2D eigenvalue weighted by molar-refractivity contribution is 5.74. The van der Waals surface area contributed by atoms with Crippen molar-refractivity contribution in [1.82, 2.24) is 0 Å². The van der Waals surface area contributed by atoms with Gasteiger partial charge in [0.25, 0.3) is 0 Å². The van der Waals surface area contributed by atoms with E-state index >= 15 is 0 Å². The highest BCUT2D eigenvalue weighted by Crippen LogP contribution is 2.57. The van der Waals surface area contributed by atoms with Gasteiger partial charge in [0.05, 0.1) is 61.2 Å². The number of hydrogen-bond acceptors (Lipinski definition) is 15. The molecule has 0 aromatic heterocycles. The van der Waals surface area contributed by atoms with Gasteiger partial charge in [-0.2, -0.15) is 0 Å². The monoisotopic (exact) mass is 808 g/mol. The minimum absolute atomic E-state index is 0.0545. The average Bonchev–Trinajstić information content (AvgIpc) is 3.66. The van der Waals surface area contributed by atoms with Gasteiger partial charge in [0.15, 0.2) is 30.9 Å². The number of carbonyl (C=O) groups excluding carboxylic acids is 1. The van der Waals surface area contributed by atoms with Crippen LogP contribution in [-0.4, -0.2) is 142 Å². The predicted molar refractivity (Wildman–Crippen MR) is 199 cm³/mol. The zero-order valence-corrected chi connectivity index (χ0v) is 34.6. The second kappa shape index (κ2) is 16.7. The Hall–Kier alpha value is -1.57. The summed E-state index contributed by atoms with van der Waals surface area (Å²) >= 11 is 0. The quantitative estimate of drug-likeness (QED) is 0.256. The first-order chi connectivity index (χ1) is 27.2. The van der Waals surface area contributed by atoms with Crippen molar-refractivity contribution in [2.24, 2.45) is 23.2 Å². The van der Waals surface area contributed by atoms with Crippen molar-refractivity contribution in [1.29, 1.82) is 0 Å². The van der Waals surface area contributed by atoms with E-state index in [-0.39, 0.29) is 53.9 Å². The van der Waals surface area contributed by atoms with Crippen molar-refractivity contribution in [3.63, 3.8) is 0 Å². The molecule has 322 valence electrons. The second-order valence-corrected chi connectivity index (χ2v) is 17.8. The number of rotatable bonds is 9. The molecule has 6 aliphatic heterocycles. The molecule has 2 aliphatic carbocycles. The minimum Gasteiger partial charge on any atom is -0.459 e. The molecule has 15 heteroatoms. The zero-order chi connectivity index (χ0) is 40.4. The fourth-order valence-corrected chi connectivity index (χ4v) is 11.2. The summed E-state index contributed by atoms with van der Waals surface area (Å²) in [5, 5.41) is 21.5. The molecular formula is C42H64O15. The normalized spacial score (nSPS) is 52.2. The number of ether oxygens (including phenoxy) is 12. The molecule has 0 amide bonds. The molecule has 6 heterocycles. The average molecular weight is 809 g/mol. The largest absolute Gasteiger partial charge is 0.459 e. The Morgan fingerprint density at radius 3 is 2.18 bits per heavy atom. The second-order valence-electron chi connectivity index (χ2n) is 17.8. The molecule has 57 heavy (non-hydrogen) atoms. The summed E-state index contributed by atoms with van der Waals surface area (Å²) < 4.78 is 73.4. The summed E-state index contributed by atoms with van der Waals surface area (Å²) in [6.07, 6.45) is 1.59. The van der Waals surface area contributed by atoms with Crippen LogP contribution < -0.4 is 0 Å². The molecule has 8 aliphatic rings. The van der Waals surface area contributed by atoms with E-state index in [9.17, 15) is 15.0 Å². The van der Waals surface area contributed by atoms with Crippen molar-refractivity contribution in [3.05, 3.63) is 23.3 Å². The molecule has 8 rings (SSSR count). The Morgan fingerprint density at radius 2 is 1.46 bits per heavy atom. The number of aliphatic hydroxyl groups excluding tert-OH is 2. The molecule has 0 spiro atoms. The Labute approximate surface area is 335 Å². The molecule has 1 saturated carbocycles. The lowest BCUT2D eigenvalue weighted by Crippen LogP contribution is -2.56. The Bertz CT molecular complexity index is 1490. The molecule has 0 aromatic carbocycles. The minimum atomic E-state index is -0.877. The van der Waals surface area contributed by atoms with Crippen LogP contribution in [-0.2, 0) is 61.6 Å². The summed E-state index contributed by atoms with van der Waals surface area (Å²) in [6.45, 7) is 10.1. The van der Waals surface area contributed by atoms with Crippen LogP contribution in [0.25, 0.3) is 0 Å². The van der Waals surface area contributed by atoms with Gasteiger partial charge in [0, 0.05) is 40.6 Å². The van der Waals surface area contributed by atoms with Crippen LogP contribution in [0.5, 0.6) is 0 Å². The lowest BCUT2D eigenvalue weighted by molar-refractivity contribution is -0.337. The summed E-state index contributed by atoms with van der Waals surface area (Å²) in [5.41, 5.74) is 2.13. The van der Waals surface area contributed by atoms with Crippen molar-refractivity contribution < 1.29 is 71.8 Å². The van der Waals surface area contributed by atoms with E-state index in [1.165, 1.54) is 5.57 Å². The van der Waals surface area contributed by atoms with E-state index in [0.717, 1.165) is 31.3 Å². The van der Waals surface area contributed by atoms with E-state index in [0.29, 0.717) is 25.9 Å². The summed E-state index contributed by atoms with van der Waals surface area (Å²) in [5.74, 6) is -1.41. The van der Waals surface area contributed by atoms with E-state index < -0.39 is 79.8 Å². The fraction of sp³-hybridized carbons (Fsp3) is 0.881. The molecule has 0 bridgehead atoms. The van der Waals surface area contributed by atoms with Gasteiger partial charge in [-0.25, -0.2) is 0 Å². The number of hydrogen-bond donors (Lipinski definition) is 2. The van der Waals surface area contributed by atoms with Crippen molar-refractivity contribution in [3.8, 4) is 0 Å². The number of fused-ring (bicyclic) bond motifs is 3. The molecule has 20 atom stereocenters. The molecule has 0 radical (unpaired) electrons. The van der Waals surface area contributed by atoms with Crippen molar-refractivity contribution in [2.45, 2.75) is 184 Å². The number of methoxy groups -OCH3 is 3. The molecule has 5 saturated heterocycles. The number of esters is 1. The van der Waals surface area contributed by atoms with E-state index in [4.69, 9.17) is 56.8 Å². The third-order valence-corrected chi connectivity index (χ3v) is 14.4. The van der Waals surface area contributed by atoms with Gasteiger partial charge in [-0.3, -0.25) is 4.79 Å². The Kier molecular flexibility index (Phi) is 12.4. The first-order valence-electron chi connectivity index (χ1n) is 21.0. The van der Waals surface area contributed by atoms with Gasteiger partial charge < -0.3 is 67.1 Å². The summed E-state index contributed by atoms with van der Waals surface area (Å²) in [7, 11) is 4.85. The molecule has 6 fully saturated rings. The molecule has 15 nitrogen and oxygen atoms in total. The summed E-state index contributed by atoms with van der Waals surface area (Å²) in [4.78, 5) is 13.8. The van der Waals surface area contributed by atoms with Crippen LogP contribution in [0.2, 0.25) is 0 Å². The smallest absolute Gasteiger partial charge is 0.309 e. The number of carbonyl (C=O) groups is 1. The van der Waals surface area contributed by atoms with Gasteiger partial charge in [-0.15, -0.1) is 0 Å². The molecule has 2 N–H and O–H groups in total. The molecular weight excluding hydrogens is 744 g/mol. The Balaban J connectivity index is 0.867. The maximum atomic E-state index is 13.8. The van der Waals surface area contributed by atoms with Crippen LogP contribution in [0.4, 0.5) is 0 Å². The lowest BCUT2D eigenvalue weighted by Gasteiger charge is -2.50. The predicted octanol–water partition coefficient (Wildman–Crippen LogP) is 3.66. The van der Waals surface area contributed by atoms with Crippen molar-refractivity contribution in [2.75, 3.05) is 27.9 Å². The van der Waals surface area contributed by atoms with Gasteiger partial charge in [0.2, 0.25) is 0 Å². The van der Waals surface area contributed by atoms with Gasteiger partial charge >= 0.3 is 5.97 Å². The van der Waals surface area contributed by atoms with Crippen molar-refractivity contribution >= 4 is 5.97 Å². The van der Waals surface area contributed by atoms with Crippen LogP contribution in [0, 0.1) is 23.2 Å². The van der Waals surface area contributed by atoms with E-state index in [2.05, 4.69) is 19.1 Å². The van der Waals surface area contributed by atoms with Crippen LogP contribution in [0.3, 0.4) is 0 Å². The standard InChI is InChI=1S/C42H64O15/c1-20-36(44)29(46-6)17-34(50-20)55-37-21(2)51-32(16-28(37)43)56-38-22(3)52-33(18-30(38)47-7)53-24-13-14-41(4)23(15-24)9-10-25-27(41)12-11-26-35-31(54-39(25)45)19-49-42(35,5)57-40(26)48-8/h9,11,20-22,24-25,27-38,40,43-44H,10,12-19H2,1-8H3/b26-11-/t20-,21+,22+,24-,25+,27-,28-,29-,30+,31+,32-,33-,34-,35+,36-,37+,38+,40+,41-,42+/m0/s1. The SMILES string of the molecule is CO[C@@H]1O[C@@]2(C)OC[C@H]3OC(=O)[C@@H]4CC=C5C[C@@H](O[C@H]6C[C@@H](OC)[C@H](O[C@H]7C[C@H](O)[C@H](O[C@H]8C[C@H](OC)[C@@H](O)[C@H](C)O8)[C@@H](C)O7)[C@@H](C)O6)CC[C@]5(C)[C@H]4C/C=C\1[C@H]32. The zero-order valence-electron chi connectivity index (χ0n) is 34.6. The topological polar surface area (TPSA) is 168 Å². The van der Waals surface area contributed by atoms with Gasteiger partial charge in [-0.05, 0) is 76.7 Å². The van der Waals surface area contributed by atoms with Gasteiger partial charge in [0.1, 0.15) is 24.4 Å². The molecule has 0 aromatic rings. The third-order valence-electron chi connectivity index (χ3n) is 14.4. The van der Waals surface area contributed by atoms with Crippen LogP contribution in [0.1, 0.15) is 86.0 Å². The first kappa shape index (κ1) is 42.1. The maximum Gasteiger partial charge on any atom is 0.309 e. The van der Waals surface area contributed by atoms with Crippen LogP contribution >= 0.6 is 0 Å². The maximum absolute atomic E-state index is 13.8. The van der Waals surface area contributed by atoms with E-state index in [1.54, 1.807) is 28.3 Å². The fourth-order valence-electron chi connectivity index (χ4n) is 11.2. The Morgan fingerprint density at radius 1 is 0.789 bits per heavy atom. The number of allylic oxidation sites excluding steroid dienone is 2. The lowest BCUT2D eigenvalue weighted by atomic mass is 9.55.